The lowest BCUT2D eigenvalue weighted by molar-refractivity contribution is 0.0428. The van der Waals surface area contributed by atoms with Crippen molar-refractivity contribution in [2.45, 2.75) is 19.1 Å². The third-order valence-corrected chi connectivity index (χ3v) is 3.15. The summed E-state index contributed by atoms with van der Waals surface area (Å²) < 4.78 is 5.69. The van der Waals surface area contributed by atoms with E-state index in [4.69, 9.17) is 21.4 Å². The first kappa shape index (κ1) is 14.0. The topological polar surface area (TPSA) is 61.8 Å². The van der Waals surface area contributed by atoms with Crippen LogP contribution in [0.3, 0.4) is 0 Å². The van der Waals surface area contributed by atoms with Gasteiger partial charge in [-0.2, -0.15) is 0 Å². The fraction of sp³-hybridized carbons (Fsp3) is 0.462. The molecule has 2 rings (SSSR count). The molecule has 1 fully saturated rings. The van der Waals surface area contributed by atoms with Crippen LogP contribution < -0.4 is 10.1 Å². The Morgan fingerprint density at radius 3 is 2.74 bits per heavy atom. The summed E-state index contributed by atoms with van der Waals surface area (Å²) in [6.07, 6.45) is 0.0105. The molecule has 19 heavy (non-hydrogen) atoms. The van der Waals surface area contributed by atoms with Gasteiger partial charge in [-0.1, -0.05) is 11.6 Å². The van der Waals surface area contributed by atoms with E-state index < -0.39 is 0 Å². The Morgan fingerprint density at radius 2 is 2.16 bits per heavy atom. The molecular formula is C13H17ClN2O3. The zero-order chi connectivity index (χ0) is 13.8. The maximum Gasteiger partial charge on any atom is 0.317 e. The fourth-order valence-electron chi connectivity index (χ4n) is 1.73. The molecule has 0 spiro atoms. The molecule has 0 bridgehead atoms. The number of hydrogen-bond acceptors (Lipinski definition) is 3. The van der Waals surface area contributed by atoms with E-state index in [9.17, 15) is 4.79 Å². The predicted molar refractivity (Wildman–Crippen MR) is 72.5 cm³/mol. The van der Waals surface area contributed by atoms with E-state index >= 15 is 0 Å². The first-order valence-electron chi connectivity index (χ1n) is 6.17. The number of benzene rings is 1. The van der Waals surface area contributed by atoms with Gasteiger partial charge in [0.1, 0.15) is 11.9 Å². The van der Waals surface area contributed by atoms with E-state index in [1.165, 1.54) is 0 Å². The number of ether oxygens (including phenoxy) is 1. The highest BCUT2D eigenvalue weighted by molar-refractivity contribution is 6.30. The van der Waals surface area contributed by atoms with Gasteiger partial charge in [-0.25, -0.2) is 4.79 Å². The lowest BCUT2D eigenvalue weighted by Crippen LogP contribution is -2.60. The van der Waals surface area contributed by atoms with Gasteiger partial charge in [-0.05, 0) is 31.2 Å². The number of hydrogen-bond donors (Lipinski definition) is 2. The van der Waals surface area contributed by atoms with Gasteiger partial charge in [0.25, 0.3) is 0 Å². The third kappa shape index (κ3) is 3.75. The van der Waals surface area contributed by atoms with Crippen LogP contribution in [-0.4, -0.2) is 47.9 Å². The van der Waals surface area contributed by atoms with Gasteiger partial charge in [0, 0.05) is 5.02 Å². The van der Waals surface area contributed by atoms with Crippen LogP contribution in [0.4, 0.5) is 4.79 Å². The maximum absolute atomic E-state index is 11.7. The van der Waals surface area contributed by atoms with Crippen molar-refractivity contribution >= 4 is 17.6 Å². The molecule has 5 nitrogen and oxygen atoms in total. The van der Waals surface area contributed by atoms with E-state index in [1.54, 1.807) is 36.1 Å². The smallest absolute Gasteiger partial charge is 0.317 e. The van der Waals surface area contributed by atoms with Gasteiger partial charge < -0.3 is 20.1 Å². The van der Waals surface area contributed by atoms with Gasteiger partial charge >= 0.3 is 6.03 Å². The van der Waals surface area contributed by atoms with E-state index in [0.717, 1.165) is 5.75 Å². The zero-order valence-electron chi connectivity index (χ0n) is 10.7. The van der Waals surface area contributed by atoms with E-state index in [1.807, 2.05) is 0 Å². The van der Waals surface area contributed by atoms with Crippen molar-refractivity contribution in [3.05, 3.63) is 29.3 Å². The number of carbonyl (C=O) groups is 1. The molecule has 1 heterocycles. The minimum atomic E-state index is -0.233. The van der Waals surface area contributed by atoms with E-state index in [0.29, 0.717) is 18.1 Å². The lowest BCUT2D eigenvalue weighted by Gasteiger charge is -2.39. The average molecular weight is 285 g/mol. The summed E-state index contributed by atoms with van der Waals surface area (Å²) in [7, 11) is 0. The molecule has 1 aromatic rings. The first-order valence-corrected chi connectivity index (χ1v) is 6.55. The number of aliphatic hydroxyl groups is 1. The molecule has 1 aromatic carbocycles. The number of nitrogens with one attached hydrogen (secondary N) is 1. The van der Waals surface area contributed by atoms with Crippen LogP contribution in [0.2, 0.25) is 5.02 Å². The summed E-state index contributed by atoms with van der Waals surface area (Å²) in [5.41, 5.74) is 0. The Morgan fingerprint density at radius 1 is 1.53 bits per heavy atom. The molecular weight excluding hydrogens is 268 g/mol. The average Bonchev–Trinajstić information content (AvgIpc) is 2.35. The van der Waals surface area contributed by atoms with E-state index in [2.05, 4.69) is 5.32 Å². The molecule has 1 atom stereocenters. The molecule has 1 aliphatic rings. The Bertz CT molecular complexity index is 432. The molecule has 104 valence electrons. The molecule has 0 aliphatic carbocycles. The number of urea groups is 1. The number of rotatable bonds is 4. The minimum absolute atomic E-state index is 0.0105. The Labute approximate surface area is 117 Å². The van der Waals surface area contributed by atoms with Crippen LogP contribution in [0.1, 0.15) is 6.92 Å². The second-order valence-corrected chi connectivity index (χ2v) is 5.07. The SMILES string of the molecule is C[C@H](CO)NC(=O)N1CC(Oc2ccc(Cl)cc2)C1. The summed E-state index contributed by atoms with van der Waals surface area (Å²) in [5.74, 6) is 0.748. The summed E-state index contributed by atoms with van der Waals surface area (Å²) in [6, 6.07) is 6.74. The highest BCUT2D eigenvalue weighted by Crippen LogP contribution is 2.20. The second-order valence-electron chi connectivity index (χ2n) is 4.63. The molecule has 6 heteroatoms. The normalized spacial score (nSPS) is 16.7. The molecule has 2 amide bonds. The first-order chi connectivity index (χ1) is 9.08. The summed E-state index contributed by atoms with van der Waals surface area (Å²) >= 11 is 5.79. The van der Waals surface area contributed by atoms with Gasteiger partial charge in [0.05, 0.1) is 25.7 Å². The van der Waals surface area contributed by atoms with Crippen molar-refractivity contribution in [1.82, 2.24) is 10.2 Å². The number of aliphatic hydroxyl groups excluding tert-OH is 1. The van der Waals surface area contributed by atoms with E-state index in [-0.39, 0.29) is 24.8 Å². The Kier molecular flexibility index (Phi) is 4.50. The minimum Gasteiger partial charge on any atom is -0.487 e. The monoisotopic (exact) mass is 284 g/mol. The second kappa shape index (κ2) is 6.12. The molecule has 0 aromatic heterocycles. The standard InChI is InChI=1S/C13H17ClN2O3/c1-9(8-17)15-13(18)16-6-12(7-16)19-11-4-2-10(14)3-5-11/h2-5,9,12,17H,6-8H2,1H3,(H,15,18)/t9-/m1/s1. The van der Waals surface area contributed by atoms with Crippen molar-refractivity contribution in [3.8, 4) is 5.75 Å². The number of likely N-dealkylation sites (tertiary alicyclic amines) is 1. The molecule has 2 N–H and O–H groups in total. The van der Waals surface area contributed by atoms with Crippen molar-refractivity contribution in [2.75, 3.05) is 19.7 Å². The highest BCUT2D eigenvalue weighted by atomic mass is 35.5. The molecule has 0 unspecified atom stereocenters. The third-order valence-electron chi connectivity index (χ3n) is 2.90. The number of carbonyl (C=O) groups excluding carboxylic acids is 1. The van der Waals surface area contributed by atoms with Gasteiger partial charge in [-0.15, -0.1) is 0 Å². The predicted octanol–water partition coefficient (Wildman–Crippen LogP) is 1.49. The summed E-state index contributed by atoms with van der Waals surface area (Å²) in [5, 5.41) is 12.2. The number of halogens is 1. The van der Waals surface area contributed by atoms with Crippen LogP contribution in [0, 0.1) is 0 Å². The van der Waals surface area contributed by atoms with Gasteiger partial charge in [0.2, 0.25) is 0 Å². The van der Waals surface area contributed by atoms with Gasteiger partial charge in [-0.3, -0.25) is 0 Å². The van der Waals surface area contributed by atoms with Crippen molar-refractivity contribution < 1.29 is 14.6 Å². The molecule has 0 radical (unpaired) electrons. The molecule has 0 saturated carbocycles. The Hall–Kier alpha value is -1.46. The van der Waals surface area contributed by atoms with Crippen molar-refractivity contribution in [3.63, 3.8) is 0 Å². The molecule has 1 aliphatic heterocycles. The highest BCUT2D eigenvalue weighted by Gasteiger charge is 2.32. The summed E-state index contributed by atoms with van der Waals surface area (Å²) in [4.78, 5) is 13.3. The van der Waals surface area contributed by atoms with Crippen molar-refractivity contribution in [2.24, 2.45) is 0 Å². The number of amides is 2. The van der Waals surface area contributed by atoms with Gasteiger partial charge in [0.15, 0.2) is 0 Å². The largest absolute Gasteiger partial charge is 0.487 e. The maximum atomic E-state index is 11.7. The van der Waals surface area contributed by atoms with Crippen LogP contribution in [0.15, 0.2) is 24.3 Å². The van der Waals surface area contributed by atoms with Crippen LogP contribution in [-0.2, 0) is 0 Å². The van der Waals surface area contributed by atoms with Crippen molar-refractivity contribution in [1.29, 1.82) is 0 Å². The van der Waals surface area contributed by atoms with Crippen LogP contribution >= 0.6 is 11.6 Å². The molecule has 1 saturated heterocycles. The van der Waals surface area contributed by atoms with Crippen LogP contribution in [0.5, 0.6) is 5.75 Å². The Balaban J connectivity index is 1.74. The summed E-state index contributed by atoms with van der Waals surface area (Å²) in [6.45, 7) is 2.78. The number of nitrogens with zero attached hydrogens (tertiary/aromatic N) is 1. The lowest BCUT2D eigenvalue weighted by atomic mass is 10.2. The zero-order valence-corrected chi connectivity index (χ0v) is 11.4. The quantitative estimate of drug-likeness (QED) is 0.881. The van der Waals surface area contributed by atoms with Crippen LogP contribution in [0.25, 0.3) is 0 Å². The fourth-order valence-corrected chi connectivity index (χ4v) is 1.86.